The summed E-state index contributed by atoms with van der Waals surface area (Å²) in [5.41, 5.74) is 0.559. The van der Waals surface area contributed by atoms with Crippen molar-refractivity contribution in [3.63, 3.8) is 0 Å². The predicted molar refractivity (Wildman–Crippen MR) is 129 cm³/mol. The molecule has 1 saturated heterocycles. The molecule has 2 aromatic rings. The molecule has 0 aromatic heterocycles. The van der Waals surface area contributed by atoms with Crippen LogP contribution < -0.4 is 10.1 Å². The lowest BCUT2D eigenvalue weighted by Gasteiger charge is -2.26. The van der Waals surface area contributed by atoms with E-state index in [0.717, 1.165) is 19.6 Å². The monoisotopic (exact) mass is 495 g/mol. The first-order valence-corrected chi connectivity index (χ1v) is 12.8. The second-order valence-corrected chi connectivity index (χ2v) is 9.83. The number of benzene rings is 2. The van der Waals surface area contributed by atoms with Crippen LogP contribution in [0.5, 0.6) is 5.75 Å². The average molecular weight is 496 g/mol. The molecule has 10 heteroatoms. The fourth-order valence-electron chi connectivity index (χ4n) is 3.48. The van der Waals surface area contributed by atoms with Crippen molar-refractivity contribution in [1.82, 2.24) is 9.21 Å². The Labute approximate surface area is 200 Å². The van der Waals surface area contributed by atoms with Crippen molar-refractivity contribution in [3.05, 3.63) is 53.1 Å². The van der Waals surface area contributed by atoms with E-state index in [9.17, 15) is 13.2 Å². The Morgan fingerprint density at radius 2 is 1.85 bits per heavy atom. The molecule has 2 aromatic carbocycles. The number of anilines is 1. The highest BCUT2D eigenvalue weighted by Crippen LogP contribution is 2.27. The summed E-state index contributed by atoms with van der Waals surface area (Å²) in [5, 5.41) is 2.96. The molecule has 0 unspecified atom stereocenters. The van der Waals surface area contributed by atoms with Crippen molar-refractivity contribution in [1.29, 1.82) is 0 Å². The van der Waals surface area contributed by atoms with Crippen LogP contribution in [0.2, 0.25) is 5.02 Å². The first-order chi connectivity index (χ1) is 15.9. The highest BCUT2D eigenvalue weighted by atomic mass is 35.5. The van der Waals surface area contributed by atoms with Crippen LogP contribution in [0.15, 0.2) is 47.4 Å². The number of likely N-dealkylation sites (N-methyl/N-ethyl adjacent to an activating group) is 1. The minimum absolute atomic E-state index is 0.0164. The van der Waals surface area contributed by atoms with Crippen LogP contribution in [-0.4, -0.2) is 76.1 Å². The number of hydrogen-bond acceptors (Lipinski definition) is 6. The highest BCUT2D eigenvalue weighted by Gasteiger charge is 2.27. The van der Waals surface area contributed by atoms with Gasteiger partial charge in [0.25, 0.3) is 5.91 Å². The molecule has 8 nitrogen and oxygen atoms in total. The molecule has 180 valence electrons. The van der Waals surface area contributed by atoms with Crippen LogP contribution in [0.1, 0.15) is 24.2 Å². The van der Waals surface area contributed by atoms with Gasteiger partial charge in [0.1, 0.15) is 12.4 Å². The van der Waals surface area contributed by atoms with Gasteiger partial charge in [0.15, 0.2) is 0 Å². The normalized spacial score (nSPS) is 14.9. The lowest BCUT2D eigenvalue weighted by molar-refractivity contribution is 0.0730. The molecule has 0 atom stereocenters. The van der Waals surface area contributed by atoms with E-state index < -0.39 is 15.9 Å². The largest absolute Gasteiger partial charge is 0.490 e. The topological polar surface area (TPSA) is 88.2 Å². The van der Waals surface area contributed by atoms with Crippen LogP contribution in [0.4, 0.5) is 5.69 Å². The number of carbonyl (C=O) groups excluding carboxylic acids is 1. The minimum Gasteiger partial charge on any atom is -0.490 e. The summed E-state index contributed by atoms with van der Waals surface area (Å²) in [5.74, 6) is 0.0186. The lowest BCUT2D eigenvalue weighted by Crippen LogP contribution is -2.40. The fraction of sp³-hybridized carbons (Fsp3) is 0.435. The van der Waals surface area contributed by atoms with Crippen LogP contribution >= 0.6 is 11.6 Å². The molecular formula is C23H30ClN3O5S. The Bertz CT molecular complexity index is 1050. The van der Waals surface area contributed by atoms with E-state index in [1.807, 2.05) is 6.07 Å². The van der Waals surface area contributed by atoms with Crippen LogP contribution in [-0.2, 0) is 14.8 Å². The molecule has 1 N–H and O–H groups in total. The minimum atomic E-state index is -3.76. The van der Waals surface area contributed by atoms with E-state index in [1.54, 1.807) is 18.2 Å². The molecule has 1 heterocycles. The highest BCUT2D eigenvalue weighted by molar-refractivity contribution is 7.89. The van der Waals surface area contributed by atoms with Crippen molar-refractivity contribution in [2.24, 2.45) is 0 Å². The number of sulfonamides is 1. The molecule has 0 radical (unpaired) electrons. The van der Waals surface area contributed by atoms with E-state index in [4.69, 9.17) is 21.1 Å². The van der Waals surface area contributed by atoms with Gasteiger partial charge in [-0.2, -0.15) is 4.31 Å². The fourth-order valence-corrected chi connectivity index (χ4v) is 5.12. The van der Waals surface area contributed by atoms with Crippen molar-refractivity contribution >= 4 is 33.2 Å². The predicted octanol–water partition coefficient (Wildman–Crippen LogP) is 3.33. The number of hydrogen-bond donors (Lipinski definition) is 1. The maximum Gasteiger partial charge on any atom is 0.257 e. The van der Waals surface area contributed by atoms with Gasteiger partial charge in [0.05, 0.1) is 34.4 Å². The van der Waals surface area contributed by atoms with Gasteiger partial charge >= 0.3 is 0 Å². The van der Waals surface area contributed by atoms with Gasteiger partial charge in [-0.1, -0.05) is 37.6 Å². The molecule has 1 aliphatic heterocycles. The Kier molecular flexibility index (Phi) is 9.10. The summed E-state index contributed by atoms with van der Waals surface area (Å²) < 4.78 is 38.4. The zero-order chi connectivity index (χ0) is 23.8. The van der Waals surface area contributed by atoms with Gasteiger partial charge in [-0.15, -0.1) is 0 Å². The maximum absolute atomic E-state index is 13.0. The summed E-state index contributed by atoms with van der Waals surface area (Å²) in [6.45, 7) is 8.50. The molecule has 33 heavy (non-hydrogen) atoms. The van der Waals surface area contributed by atoms with Gasteiger partial charge in [-0.05, 0) is 43.4 Å². The molecule has 0 spiro atoms. The van der Waals surface area contributed by atoms with Gasteiger partial charge in [-0.25, -0.2) is 8.42 Å². The number of carbonyl (C=O) groups is 1. The second-order valence-electron chi connectivity index (χ2n) is 7.48. The van der Waals surface area contributed by atoms with Gasteiger partial charge in [0.2, 0.25) is 10.0 Å². The van der Waals surface area contributed by atoms with Crippen molar-refractivity contribution in [3.8, 4) is 5.75 Å². The van der Waals surface area contributed by atoms with E-state index in [-0.39, 0.29) is 28.6 Å². The first kappa shape index (κ1) is 25.5. The Morgan fingerprint density at radius 3 is 2.55 bits per heavy atom. The molecule has 1 fully saturated rings. The molecule has 0 bridgehead atoms. The zero-order valence-electron chi connectivity index (χ0n) is 18.9. The smallest absolute Gasteiger partial charge is 0.257 e. The summed E-state index contributed by atoms with van der Waals surface area (Å²) >= 11 is 6.26. The molecular weight excluding hydrogens is 466 g/mol. The van der Waals surface area contributed by atoms with Crippen molar-refractivity contribution in [2.75, 3.05) is 57.9 Å². The standard InChI is InChI=1S/C23H30ClN3O5S/c1-3-26(4-2)11-16-32-22-8-6-5-7-21(22)25-23(28)19-17-18(9-10-20(19)24)33(29,30)27-12-14-31-15-13-27/h5-10,17H,3-4,11-16H2,1-2H3,(H,25,28). The van der Waals surface area contributed by atoms with Crippen molar-refractivity contribution in [2.45, 2.75) is 18.7 Å². The molecule has 0 aliphatic carbocycles. The lowest BCUT2D eigenvalue weighted by atomic mass is 10.2. The van der Waals surface area contributed by atoms with E-state index in [0.29, 0.717) is 31.3 Å². The van der Waals surface area contributed by atoms with E-state index >= 15 is 0 Å². The SMILES string of the molecule is CCN(CC)CCOc1ccccc1NC(=O)c1cc(S(=O)(=O)N2CCOCC2)ccc1Cl. The van der Waals surface area contributed by atoms with Crippen LogP contribution in [0, 0.1) is 0 Å². The molecule has 0 saturated carbocycles. The van der Waals surface area contributed by atoms with E-state index in [1.165, 1.54) is 22.5 Å². The Morgan fingerprint density at radius 1 is 1.15 bits per heavy atom. The third kappa shape index (κ3) is 6.45. The van der Waals surface area contributed by atoms with E-state index in [2.05, 4.69) is 24.1 Å². The Hall–Kier alpha value is -2.17. The quantitative estimate of drug-likeness (QED) is 0.544. The van der Waals surface area contributed by atoms with Gasteiger partial charge < -0.3 is 19.7 Å². The van der Waals surface area contributed by atoms with Gasteiger partial charge in [0, 0.05) is 19.6 Å². The van der Waals surface area contributed by atoms with Crippen LogP contribution in [0.3, 0.4) is 0 Å². The number of amides is 1. The number of halogens is 1. The summed E-state index contributed by atoms with van der Waals surface area (Å²) in [6, 6.07) is 11.3. The molecule has 1 aliphatic rings. The number of nitrogens with zero attached hydrogens (tertiary/aromatic N) is 2. The maximum atomic E-state index is 13.0. The number of nitrogens with one attached hydrogen (secondary N) is 1. The molecule has 1 amide bonds. The summed E-state index contributed by atoms with van der Waals surface area (Å²) in [6.07, 6.45) is 0. The van der Waals surface area contributed by atoms with Crippen LogP contribution in [0.25, 0.3) is 0 Å². The summed E-state index contributed by atoms with van der Waals surface area (Å²) in [7, 11) is -3.76. The number of ether oxygens (including phenoxy) is 2. The number of rotatable bonds is 10. The summed E-state index contributed by atoms with van der Waals surface area (Å²) in [4.78, 5) is 15.3. The molecule has 3 rings (SSSR count). The average Bonchev–Trinajstić information content (AvgIpc) is 2.83. The second kappa shape index (κ2) is 11.8. The first-order valence-electron chi connectivity index (χ1n) is 11.0. The number of morpholine rings is 1. The number of para-hydroxylation sites is 2. The Balaban J connectivity index is 1.76. The van der Waals surface area contributed by atoms with Crippen molar-refractivity contribution < 1.29 is 22.7 Å². The van der Waals surface area contributed by atoms with Gasteiger partial charge in [-0.3, -0.25) is 4.79 Å². The zero-order valence-corrected chi connectivity index (χ0v) is 20.5. The third-order valence-corrected chi connectivity index (χ3v) is 7.71. The third-order valence-electron chi connectivity index (χ3n) is 5.49.